The molecule has 0 bridgehead atoms. The van der Waals surface area contributed by atoms with Gasteiger partial charge in [0.1, 0.15) is 0 Å². The average Bonchev–Trinajstić information content (AvgIpc) is 2.48. The third kappa shape index (κ3) is 4.60. The highest BCUT2D eigenvalue weighted by atomic mass is 79.9. The van der Waals surface area contributed by atoms with E-state index in [1.807, 2.05) is 0 Å². The van der Waals surface area contributed by atoms with Crippen LogP contribution in [0.25, 0.3) is 0 Å². The fourth-order valence-corrected chi connectivity index (χ4v) is 3.93. The predicted molar refractivity (Wildman–Crippen MR) is 90.8 cm³/mol. The van der Waals surface area contributed by atoms with E-state index in [0.717, 1.165) is 18.3 Å². The molecule has 2 heteroatoms. The number of hydrogen-bond acceptors (Lipinski definition) is 1. The molecule has 1 nitrogen and oxygen atoms in total. The molecule has 1 aliphatic carbocycles. The zero-order valence-electron chi connectivity index (χ0n) is 12.7. The molecule has 2 rings (SSSR count). The molecule has 0 aliphatic heterocycles. The molecule has 0 heterocycles. The van der Waals surface area contributed by atoms with Crippen LogP contribution in [0.5, 0.6) is 0 Å². The molecular formula is C18H28BrN. The normalized spacial score (nSPS) is 24.6. The largest absolute Gasteiger partial charge is 0.327 e. The fourth-order valence-electron chi connectivity index (χ4n) is 3.48. The topological polar surface area (TPSA) is 26.0 Å². The summed E-state index contributed by atoms with van der Waals surface area (Å²) in [5.74, 6) is 1.70. The number of benzene rings is 1. The van der Waals surface area contributed by atoms with Gasteiger partial charge in [-0.2, -0.15) is 0 Å². The lowest BCUT2D eigenvalue weighted by Gasteiger charge is -2.32. The molecule has 1 unspecified atom stereocenters. The van der Waals surface area contributed by atoms with Gasteiger partial charge in [-0.25, -0.2) is 0 Å². The van der Waals surface area contributed by atoms with Crippen LogP contribution in [-0.4, -0.2) is 6.04 Å². The maximum absolute atomic E-state index is 6.47. The standard InChI is InChI=1S/C18H28BrN/c1-2-3-6-14-9-11-15(12-10-14)18(20)13-16-7-4-5-8-17(16)19/h4-5,7-8,14-15,18H,2-3,6,9-13,20H2,1H3. The fraction of sp³-hybridized carbons (Fsp3) is 0.667. The minimum atomic E-state index is 0.320. The molecule has 0 spiro atoms. The minimum Gasteiger partial charge on any atom is -0.327 e. The SMILES string of the molecule is CCCCC1CCC(C(N)Cc2ccccc2Br)CC1. The first-order chi connectivity index (χ1) is 9.70. The van der Waals surface area contributed by atoms with E-state index in [0.29, 0.717) is 6.04 Å². The minimum absolute atomic E-state index is 0.320. The van der Waals surface area contributed by atoms with Crippen molar-refractivity contribution in [1.82, 2.24) is 0 Å². The second-order valence-corrected chi connectivity index (χ2v) is 7.24. The van der Waals surface area contributed by atoms with E-state index in [2.05, 4.69) is 47.1 Å². The van der Waals surface area contributed by atoms with Crippen LogP contribution in [0.1, 0.15) is 57.4 Å². The second-order valence-electron chi connectivity index (χ2n) is 6.38. The van der Waals surface area contributed by atoms with Crippen molar-refractivity contribution in [1.29, 1.82) is 0 Å². The maximum atomic E-state index is 6.47. The van der Waals surface area contributed by atoms with Crippen LogP contribution in [0, 0.1) is 11.8 Å². The Labute approximate surface area is 132 Å². The molecule has 1 aromatic carbocycles. The van der Waals surface area contributed by atoms with Gasteiger partial charge in [-0.15, -0.1) is 0 Å². The third-order valence-corrected chi connectivity index (χ3v) is 5.65. The molecule has 1 saturated carbocycles. The quantitative estimate of drug-likeness (QED) is 0.747. The Morgan fingerprint density at radius 2 is 1.90 bits per heavy atom. The van der Waals surface area contributed by atoms with Crippen molar-refractivity contribution < 1.29 is 0 Å². The molecule has 0 amide bonds. The Morgan fingerprint density at radius 3 is 2.55 bits per heavy atom. The molecule has 1 aliphatic rings. The van der Waals surface area contributed by atoms with Gasteiger partial charge in [-0.05, 0) is 42.7 Å². The smallest absolute Gasteiger partial charge is 0.0207 e. The van der Waals surface area contributed by atoms with Gasteiger partial charge in [0.15, 0.2) is 0 Å². The van der Waals surface area contributed by atoms with Crippen LogP contribution in [-0.2, 0) is 6.42 Å². The summed E-state index contributed by atoms with van der Waals surface area (Å²) in [5.41, 5.74) is 7.83. The molecule has 20 heavy (non-hydrogen) atoms. The van der Waals surface area contributed by atoms with Crippen molar-refractivity contribution in [3.8, 4) is 0 Å². The summed E-state index contributed by atoms with van der Waals surface area (Å²) in [7, 11) is 0. The molecule has 1 aromatic rings. The second kappa shape index (κ2) is 8.19. The van der Waals surface area contributed by atoms with Gasteiger partial charge < -0.3 is 5.73 Å². The van der Waals surface area contributed by atoms with Crippen LogP contribution in [0.2, 0.25) is 0 Å². The van der Waals surface area contributed by atoms with Crippen LogP contribution in [0.4, 0.5) is 0 Å². The van der Waals surface area contributed by atoms with Gasteiger partial charge in [-0.1, -0.05) is 73.2 Å². The van der Waals surface area contributed by atoms with Gasteiger partial charge in [0.05, 0.1) is 0 Å². The van der Waals surface area contributed by atoms with E-state index in [4.69, 9.17) is 5.73 Å². The summed E-state index contributed by atoms with van der Waals surface area (Å²) in [4.78, 5) is 0. The van der Waals surface area contributed by atoms with E-state index in [9.17, 15) is 0 Å². The molecule has 1 fully saturated rings. The monoisotopic (exact) mass is 337 g/mol. The van der Waals surface area contributed by atoms with Gasteiger partial charge in [0.25, 0.3) is 0 Å². The molecule has 0 radical (unpaired) electrons. The molecule has 0 saturated heterocycles. The van der Waals surface area contributed by atoms with E-state index in [-0.39, 0.29) is 0 Å². The lowest BCUT2D eigenvalue weighted by Crippen LogP contribution is -2.35. The first kappa shape index (κ1) is 16.0. The van der Waals surface area contributed by atoms with E-state index in [1.165, 1.54) is 55.0 Å². The van der Waals surface area contributed by atoms with Crippen LogP contribution < -0.4 is 5.73 Å². The molecular weight excluding hydrogens is 310 g/mol. The van der Waals surface area contributed by atoms with E-state index < -0.39 is 0 Å². The molecule has 0 aromatic heterocycles. The first-order valence-corrected chi connectivity index (χ1v) is 8.99. The highest BCUT2D eigenvalue weighted by molar-refractivity contribution is 9.10. The van der Waals surface area contributed by atoms with E-state index in [1.54, 1.807) is 0 Å². The molecule has 1 atom stereocenters. The Balaban J connectivity index is 1.80. The number of halogens is 1. The van der Waals surface area contributed by atoms with Gasteiger partial charge in [0, 0.05) is 10.5 Å². The average molecular weight is 338 g/mol. The number of unbranched alkanes of at least 4 members (excludes halogenated alkanes) is 1. The van der Waals surface area contributed by atoms with Crippen molar-refractivity contribution >= 4 is 15.9 Å². The van der Waals surface area contributed by atoms with Crippen LogP contribution >= 0.6 is 15.9 Å². The Bertz CT molecular complexity index is 396. The zero-order chi connectivity index (χ0) is 14.4. The summed E-state index contributed by atoms with van der Waals surface area (Å²) < 4.78 is 1.20. The highest BCUT2D eigenvalue weighted by Gasteiger charge is 2.25. The van der Waals surface area contributed by atoms with Crippen LogP contribution in [0.15, 0.2) is 28.7 Å². The van der Waals surface area contributed by atoms with Crippen molar-refractivity contribution in [3.05, 3.63) is 34.3 Å². The van der Waals surface area contributed by atoms with Crippen LogP contribution in [0.3, 0.4) is 0 Å². The highest BCUT2D eigenvalue weighted by Crippen LogP contribution is 2.34. The third-order valence-electron chi connectivity index (χ3n) is 4.88. The molecule has 112 valence electrons. The van der Waals surface area contributed by atoms with Gasteiger partial charge in [0.2, 0.25) is 0 Å². The zero-order valence-corrected chi connectivity index (χ0v) is 14.2. The number of rotatable bonds is 6. The Kier molecular flexibility index (Phi) is 6.57. The summed E-state index contributed by atoms with van der Waals surface area (Å²) >= 11 is 3.63. The maximum Gasteiger partial charge on any atom is 0.0207 e. The summed E-state index contributed by atoms with van der Waals surface area (Å²) in [5, 5.41) is 0. The summed E-state index contributed by atoms with van der Waals surface area (Å²) in [6.07, 6.45) is 10.6. The number of hydrogen-bond donors (Lipinski definition) is 1. The van der Waals surface area contributed by atoms with Crippen molar-refractivity contribution in [2.45, 2.75) is 64.3 Å². The lowest BCUT2D eigenvalue weighted by atomic mass is 9.76. The first-order valence-electron chi connectivity index (χ1n) is 8.19. The number of nitrogens with two attached hydrogens (primary N) is 1. The summed E-state index contributed by atoms with van der Waals surface area (Å²) in [6.45, 7) is 2.29. The van der Waals surface area contributed by atoms with Crippen molar-refractivity contribution in [2.24, 2.45) is 17.6 Å². The summed E-state index contributed by atoms with van der Waals surface area (Å²) in [6, 6.07) is 8.80. The Morgan fingerprint density at radius 1 is 1.20 bits per heavy atom. The van der Waals surface area contributed by atoms with Gasteiger partial charge >= 0.3 is 0 Å². The lowest BCUT2D eigenvalue weighted by molar-refractivity contribution is 0.230. The van der Waals surface area contributed by atoms with Crippen molar-refractivity contribution in [3.63, 3.8) is 0 Å². The predicted octanol–water partition coefficient (Wildman–Crippen LogP) is 5.32. The van der Waals surface area contributed by atoms with Crippen molar-refractivity contribution in [2.75, 3.05) is 0 Å². The molecule has 2 N–H and O–H groups in total. The van der Waals surface area contributed by atoms with E-state index >= 15 is 0 Å². The Hall–Kier alpha value is -0.340. The van der Waals surface area contributed by atoms with Gasteiger partial charge in [-0.3, -0.25) is 0 Å².